The smallest absolute Gasteiger partial charge is 0.265 e. The van der Waals surface area contributed by atoms with Crippen LogP contribution in [-0.2, 0) is 16.5 Å². The molecule has 2 aromatic carbocycles. The molecule has 0 aliphatic rings. The van der Waals surface area contributed by atoms with E-state index in [2.05, 4.69) is 0 Å². The molecule has 0 atom stereocenters. The summed E-state index contributed by atoms with van der Waals surface area (Å²) in [7, 11) is -3.89. The number of rotatable bonds is 3. The number of aryl methyl sites for hydroxylation is 1. The van der Waals surface area contributed by atoms with Crippen LogP contribution in [0.1, 0.15) is 5.56 Å². The SMILES string of the molecule is O=S(=O)(O)CCc1cccc2ccccc12. The molecule has 0 saturated carbocycles. The van der Waals surface area contributed by atoms with Gasteiger partial charge in [0, 0.05) is 0 Å². The van der Waals surface area contributed by atoms with E-state index in [1.807, 2.05) is 42.5 Å². The molecular formula is C12H12O3S. The van der Waals surface area contributed by atoms with E-state index in [-0.39, 0.29) is 5.75 Å². The Balaban J connectivity index is 2.38. The Morgan fingerprint density at radius 3 is 2.44 bits per heavy atom. The summed E-state index contributed by atoms with van der Waals surface area (Å²) in [5.74, 6) is -0.235. The van der Waals surface area contributed by atoms with Crippen molar-refractivity contribution in [2.45, 2.75) is 6.42 Å². The van der Waals surface area contributed by atoms with Gasteiger partial charge in [-0.05, 0) is 22.8 Å². The van der Waals surface area contributed by atoms with E-state index in [0.29, 0.717) is 6.42 Å². The largest absolute Gasteiger partial charge is 0.286 e. The van der Waals surface area contributed by atoms with Crippen LogP contribution in [0.25, 0.3) is 10.8 Å². The van der Waals surface area contributed by atoms with E-state index < -0.39 is 10.1 Å². The second-order valence-electron chi connectivity index (χ2n) is 3.67. The zero-order valence-corrected chi connectivity index (χ0v) is 9.44. The minimum Gasteiger partial charge on any atom is -0.286 e. The van der Waals surface area contributed by atoms with Gasteiger partial charge < -0.3 is 0 Å². The Labute approximate surface area is 94.5 Å². The van der Waals surface area contributed by atoms with Gasteiger partial charge in [0.2, 0.25) is 0 Å². The van der Waals surface area contributed by atoms with Gasteiger partial charge >= 0.3 is 0 Å². The number of hydrogen-bond donors (Lipinski definition) is 1. The number of benzene rings is 2. The Bertz CT molecular complexity index is 597. The van der Waals surface area contributed by atoms with E-state index in [9.17, 15) is 8.42 Å². The molecular weight excluding hydrogens is 224 g/mol. The minimum absolute atomic E-state index is 0.235. The highest BCUT2D eigenvalue weighted by Gasteiger charge is 2.07. The molecule has 0 radical (unpaired) electrons. The molecule has 16 heavy (non-hydrogen) atoms. The van der Waals surface area contributed by atoms with Gasteiger partial charge in [-0.25, -0.2) is 0 Å². The maximum atomic E-state index is 10.7. The van der Waals surface area contributed by atoms with E-state index in [1.54, 1.807) is 0 Å². The van der Waals surface area contributed by atoms with Crippen LogP contribution >= 0.6 is 0 Å². The first-order valence-electron chi connectivity index (χ1n) is 4.98. The monoisotopic (exact) mass is 236 g/mol. The predicted molar refractivity (Wildman–Crippen MR) is 64.1 cm³/mol. The van der Waals surface area contributed by atoms with Gasteiger partial charge in [-0.3, -0.25) is 4.55 Å². The Morgan fingerprint density at radius 1 is 1.00 bits per heavy atom. The van der Waals surface area contributed by atoms with Crippen LogP contribution < -0.4 is 0 Å². The second-order valence-corrected chi connectivity index (χ2v) is 5.25. The molecule has 0 saturated heterocycles. The molecule has 3 nitrogen and oxygen atoms in total. The van der Waals surface area contributed by atoms with Gasteiger partial charge in [0.1, 0.15) is 0 Å². The van der Waals surface area contributed by atoms with Crippen LogP contribution in [0.15, 0.2) is 42.5 Å². The Morgan fingerprint density at radius 2 is 1.69 bits per heavy atom. The molecule has 2 aromatic rings. The highest BCUT2D eigenvalue weighted by molar-refractivity contribution is 7.85. The Kier molecular flexibility index (Phi) is 2.94. The molecule has 0 unspecified atom stereocenters. The Hall–Kier alpha value is -1.39. The molecule has 84 valence electrons. The summed E-state index contributed by atoms with van der Waals surface area (Å²) in [5, 5.41) is 2.11. The molecule has 0 spiro atoms. The van der Waals surface area contributed by atoms with Crippen LogP contribution in [0.3, 0.4) is 0 Å². The summed E-state index contributed by atoms with van der Waals surface area (Å²) in [6.45, 7) is 0. The maximum Gasteiger partial charge on any atom is 0.265 e. The van der Waals surface area contributed by atoms with Crippen molar-refractivity contribution in [2.75, 3.05) is 5.75 Å². The molecule has 0 bridgehead atoms. The van der Waals surface area contributed by atoms with Crippen molar-refractivity contribution >= 4 is 20.9 Å². The van der Waals surface area contributed by atoms with E-state index in [1.165, 1.54) is 0 Å². The third-order valence-corrected chi connectivity index (χ3v) is 3.23. The molecule has 0 fully saturated rings. The summed E-state index contributed by atoms with van der Waals surface area (Å²) in [6, 6.07) is 13.5. The highest BCUT2D eigenvalue weighted by atomic mass is 32.2. The molecule has 0 aliphatic heterocycles. The zero-order valence-electron chi connectivity index (χ0n) is 8.63. The quantitative estimate of drug-likeness (QED) is 0.832. The molecule has 2 rings (SSSR count). The van der Waals surface area contributed by atoms with Crippen molar-refractivity contribution in [1.29, 1.82) is 0 Å². The van der Waals surface area contributed by atoms with Crippen molar-refractivity contribution in [1.82, 2.24) is 0 Å². The van der Waals surface area contributed by atoms with Gasteiger partial charge in [-0.2, -0.15) is 8.42 Å². The van der Waals surface area contributed by atoms with Crippen molar-refractivity contribution in [2.24, 2.45) is 0 Å². The van der Waals surface area contributed by atoms with Crippen molar-refractivity contribution in [3.8, 4) is 0 Å². The molecule has 1 N–H and O–H groups in total. The first kappa shape index (κ1) is 11.1. The fourth-order valence-electron chi connectivity index (χ4n) is 1.75. The normalized spacial score (nSPS) is 11.8. The lowest BCUT2D eigenvalue weighted by Gasteiger charge is -2.04. The summed E-state index contributed by atoms with van der Waals surface area (Å²) in [4.78, 5) is 0. The van der Waals surface area contributed by atoms with Crippen molar-refractivity contribution in [3.63, 3.8) is 0 Å². The third kappa shape index (κ3) is 2.59. The second kappa shape index (κ2) is 4.23. The lowest BCUT2D eigenvalue weighted by molar-refractivity contribution is 0.483. The zero-order chi connectivity index (χ0) is 11.6. The van der Waals surface area contributed by atoms with E-state index in [0.717, 1.165) is 16.3 Å². The van der Waals surface area contributed by atoms with E-state index >= 15 is 0 Å². The molecule has 4 heteroatoms. The number of fused-ring (bicyclic) bond motifs is 1. The molecule has 0 aliphatic carbocycles. The van der Waals surface area contributed by atoms with Gasteiger partial charge in [0.15, 0.2) is 0 Å². The van der Waals surface area contributed by atoms with Gasteiger partial charge in [0.05, 0.1) is 5.75 Å². The lowest BCUT2D eigenvalue weighted by Crippen LogP contribution is -2.06. The summed E-state index contributed by atoms with van der Waals surface area (Å²) < 4.78 is 30.1. The summed E-state index contributed by atoms with van der Waals surface area (Å²) in [6.07, 6.45) is 0.334. The maximum absolute atomic E-state index is 10.7. The first-order valence-corrected chi connectivity index (χ1v) is 6.59. The molecule has 0 heterocycles. The summed E-state index contributed by atoms with van der Waals surface area (Å²) in [5.41, 5.74) is 0.940. The molecule has 0 amide bonds. The lowest BCUT2D eigenvalue weighted by atomic mass is 10.0. The summed E-state index contributed by atoms with van der Waals surface area (Å²) >= 11 is 0. The fourth-order valence-corrected chi connectivity index (χ4v) is 2.23. The van der Waals surface area contributed by atoms with Gasteiger partial charge in [0.25, 0.3) is 10.1 Å². The van der Waals surface area contributed by atoms with Crippen LogP contribution in [0.5, 0.6) is 0 Å². The topological polar surface area (TPSA) is 54.4 Å². The third-order valence-electron chi connectivity index (χ3n) is 2.51. The van der Waals surface area contributed by atoms with E-state index in [4.69, 9.17) is 4.55 Å². The first-order chi connectivity index (χ1) is 7.56. The average Bonchev–Trinajstić information content (AvgIpc) is 2.25. The van der Waals surface area contributed by atoms with Crippen molar-refractivity contribution in [3.05, 3.63) is 48.0 Å². The average molecular weight is 236 g/mol. The van der Waals surface area contributed by atoms with Gasteiger partial charge in [-0.15, -0.1) is 0 Å². The van der Waals surface area contributed by atoms with Crippen LogP contribution in [0, 0.1) is 0 Å². The standard InChI is InChI=1S/C12H12O3S/c13-16(14,15)9-8-11-6-3-5-10-4-1-2-7-12(10)11/h1-7H,8-9H2,(H,13,14,15). The van der Waals surface area contributed by atoms with Crippen LogP contribution in [0.2, 0.25) is 0 Å². The highest BCUT2D eigenvalue weighted by Crippen LogP contribution is 2.19. The van der Waals surface area contributed by atoms with Crippen LogP contribution in [0.4, 0.5) is 0 Å². The minimum atomic E-state index is -3.89. The van der Waals surface area contributed by atoms with Crippen LogP contribution in [-0.4, -0.2) is 18.7 Å². The molecule has 0 aromatic heterocycles. The number of hydrogen-bond acceptors (Lipinski definition) is 2. The van der Waals surface area contributed by atoms with Gasteiger partial charge in [-0.1, -0.05) is 42.5 Å². The fraction of sp³-hybridized carbons (Fsp3) is 0.167. The predicted octanol–water partition coefficient (Wildman–Crippen LogP) is 2.27. The van der Waals surface area contributed by atoms with Crippen molar-refractivity contribution < 1.29 is 13.0 Å².